The molecule has 1 atom stereocenters. The van der Waals surface area contributed by atoms with Crippen molar-refractivity contribution in [2.24, 2.45) is 5.73 Å². The van der Waals surface area contributed by atoms with E-state index in [1.807, 2.05) is 4.90 Å². The summed E-state index contributed by atoms with van der Waals surface area (Å²) in [5, 5.41) is 5.30. The second-order valence-corrected chi connectivity index (χ2v) is 5.99. The third kappa shape index (κ3) is 6.63. The molecule has 122 valence electrons. The molecule has 2 fully saturated rings. The van der Waals surface area contributed by atoms with Crippen LogP contribution in [0.5, 0.6) is 0 Å². The van der Waals surface area contributed by atoms with Crippen molar-refractivity contribution in [3.05, 3.63) is 0 Å². The van der Waals surface area contributed by atoms with E-state index in [0.717, 1.165) is 51.6 Å². The number of rotatable bonds is 3. The zero-order valence-electron chi connectivity index (χ0n) is 12.5. The van der Waals surface area contributed by atoms with Gasteiger partial charge in [0.25, 0.3) is 0 Å². The second-order valence-electron chi connectivity index (χ2n) is 5.99. The van der Waals surface area contributed by atoms with Crippen molar-refractivity contribution in [3.8, 4) is 0 Å². The summed E-state index contributed by atoms with van der Waals surface area (Å²) in [5.74, 6) is -0.243. The number of nitrogens with two attached hydrogens (primary N) is 1. The predicted octanol–water partition coefficient (Wildman–Crippen LogP) is 0.990. The van der Waals surface area contributed by atoms with Gasteiger partial charge >= 0.3 is 6.03 Å². The van der Waals surface area contributed by atoms with Crippen molar-refractivity contribution in [2.75, 3.05) is 19.6 Å². The highest BCUT2D eigenvalue weighted by molar-refractivity contribution is 5.95. The van der Waals surface area contributed by atoms with Gasteiger partial charge in [-0.1, -0.05) is 19.3 Å². The first-order valence-electron chi connectivity index (χ1n) is 7.72. The Kier molecular flexibility index (Phi) is 8.00. The number of likely N-dealkylation sites (tertiary alicyclic amines) is 1. The Labute approximate surface area is 132 Å². The Morgan fingerprint density at radius 2 is 1.81 bits per heavy atom. The van der Waals surface area contributed by atoms with E-state index < -0.39 is 0 Å². The topological polar surface area (TPSA) is 87.5 Å². The van der Waals surface area contributed by atoms with Crippen molar-refractivity contribution in [3.63, 3.8) is 0 Å². The molecule has 1 aliphatic heterocycles. The van der Waals surface area contributed by atoms with E-state index in [4.69, 9.17) is 5.73 Å². The first kappa shape index (κ1) is 18.2. The summed E-state index contributed by atoms with van der Waals surface area (Å²) in [7, 11) is 0. The minimum Gasteiger partial charge on any atom is -0.335 e. The Hall–Kier alpha value is -0.850. The van der Waals surface area contributed by atoms with E-state index in [0.29, 0.717) is 0 Å². The van der Waals surface area contributed by atoms with Gasteiger partial charge in [0.1, 0.15) is 0 Å². The number of imide groups is 1. The summed E-state index contributed by atoms with van der Waals surface area (Å²) in [6, 6.07) is 0.00998. The lowest BCUT2D eigenvalue weighted by molar-refractivity contribution is -0.121. The number of amides is 3. The summed E-state index contributed by atoms with van der Waals surface area (Å²) < 4.78 is 0. The number of piperidine rings is 1. The average molecular weight is 319 g/mol. The van der Waals surface area contributed by atoms with E-state index in [1.54, 1.807) is 0 Å². The molecule has 3 amide bonds. The lowest BCUT2D eigenvalue weighted by Gasteiger charge is -2.30. The highest BCUT2D eigenvalue weighted by atomic mass is 35.5. The van der Waals surface area contributed by atoms with Crippen LogP contribution < -0.4 is 16.4 Å². The van der Waals surface area contributed by atoms with E-state index in [1.165, 1.54) is 6.42 Å². The molecule has 7 heteroatoms. The van der Waals surface area contributed by atoms with Gasteiger partial charge in [-0.2, -0.15) is 0 Å². The number of nitrogens with one attached hydrogen (secondary N) is 2. The van der Waals surface area contributed by atoms with Crippen LogP contribution in [-0.2, 0) is 4.79 Å². The van der Waals surface area contributed by atoms with Crippen LogP contribution in [0.3, 0.4) is 0 Å². The fourth-order valence-corrected chi connectivity index (χ4v) is 3.07. The van der Waals surface area contributed by atoms with Gasteiger partial charge in [-0.3, -0.25) is 15.0 Å². The predicted molar refractivity (Wildman–Crippen MR) is 84.4 cm³/mol. The molecule has 1 aliphatic carbocycles. The maximum Gasteiger partial charge on any atom is 0.321 e. The lowest BCUT2D eigenvalue weighted by Crippen LogP contribution is -2.50. The first-order valence-corrected chi connectivity index (χ1v) is 7.72. The maximum absolute atomic E-state index is 11.8. The molecular weight excluding hydrogens is 292 g/mol. The van der Waals surface area contributed by atoms with Crippen LogP contribution in [0.2, 0.25) is 0 Å². The van der Waals surface area contributed by atoms with Gasteiger partial charge in [0.15, 0.2) is 0 Å². The number of urea groups is 1. The van der Waals surface area contributed by atoms with E-state index in [-0.39, 0.29) is 43.0 Å². The summed E-state index contributed by atoms with van der Waals surface area (Å²) >= 11 is 0. The van der Waals surface area contributed by atoms with Crippen molar-refractivity contribution in [1.82, 2.24) is 15.5 Å². The number of carbonyl (C=O) groups excluding carboxylic acids is 2. The lowest BCUT2D eigenvalue weighted by atomic mass is 9.96. The molecule has 2 aliphatic rings. The summed E-state index contributed by atoms with van der Waals surface area (Å²) in [6.07, 6.45) is 7.62. The van der Waals surface area contributed by atoms with Crippen molar-refractivity contribution >= 4 is 24.3 Å². The van der Waals surface area contributed by atoms with Crippen LogP contribution >= 0.6 is 12.4 Å². The molecule has 0 aromatic carbocycles. The fraction of sp³-hybridized carbons (Fsp3) is 0.857. The molecule has 2 rings (SSSR count). The second kappa shape index (κ2) is 9.23. The van der Waals surface area contributed by atoms with Crippen LogP contribution in [0.1, 0.15) is 44.9 Å². The summed E-state index contributed by atoms with van der Waals surface area (Å²) in [6.45, 7) is 1.87. The number of nitrogens with zero attached hydrogens (tertiary/aromatic N) is 1. The molecule has 21 heavy (non-hydrogen) atoms. The van der Waals surface area contributed by atoms with Gasteiger partial charge in [-0.05, 0) is 32.2 Å². The van der Waals surface area contributed by atoms with Gasteiger partial charge < -0.3 is 11.1 Å². The van der Waals surface area contributed by atoms with E-state index in [9.17, 15) is 9.59 Å². The van der Waals surface area contributed by atoms with Gasteiger partial charge in [0.05, 0.1) is 6.54 Å². The maximum atomic E-state index is 11.8. The third-order valence-electron chi connectivity index (χ3n) is 4.10. The zero-order chi connectivity index (χ0) is 14.4. The van der Waals surface area contributed by atoms with Crippen LogP contribution in [0.25, 0.3) is 0 Å². The van der Waals surface area contributed by atoms with Crippen LogP contribution in [-0.4, -0.2) is 48.6 Å². The molecule has 0 spiro atoms. The molecule has 1 saturated heterocycles. The largest absolute Gasteiger partial charge is 0.335 e. The number of hydrogen-bond donors (Lipinski definition) is 3. The zero-order valence-corrected chi connectivity index (χ0v) is 13.3. The van der Waals surface area contributed by atoms with Crippen LogP contribution in [0.15, 0.2) is 0 Å². The Balaban J connectivity index is 0.00000220. The summed E-state index contributed by atoms with van der Waals surface area (Å²) in [5.41, 5.74) is 5.87. The highest BCUT2D eigenvalue weighted by Gasteiger charge is 2.21. The van der Waals surface area contributed by atoms with E-state index >= 15 is 0 Å². The van der Waals surface area contributed by atoms with Gasteiger partial charge in [-0.25, -0.2) is 4.79 Å². The fourth-order valence-electron chi connectivity index (χ4n) is 3.07. The van der Waals surface area contributed by atoms with Crippen LogP contribution in [0.4, 0.5) is 4.79 Å². The van der Waals surface area contributed by atoms with Gasteiger partial charge in [0, 0.05) is 18.6 Å². The molecule has 0 aromatic rings. The highest BCUT2D eigenvalue weighted by Crippen LogP contribution is 2.17. The monoisotopic (exact) mass is 318 g/mol. The molecule has 0 bridgehead atoms. The first-order chi connectivity index (χ1) is 9.63. The molecule has 0 radical (unpaired) electrons. The molecule has 4 N–H and O–H groups in total. The number of hydrogen-bond acceptors (Lipinski definition) is 4. The SMILES string of the molecule is Cl.NC1CCCN(CC(=O)NC(=O)NC2CCCCC2)C1. The molecule has 1 saturated carbocycles. The van der Waals surface area contributed by atoms with E-state index in [2.05, 4.69) is 10.6 Å². The standard InChI is InChI=1S/C14H26N4O2.ClH/c15-11-5-4-8-18(9-11)10-13(19)17-14(20)16-12-6-2-1-3-7-12;/h11-12H,1-10,15H2,(H2,16,17,19,20);1H. The minimum atomic E-state index is -0.358. The minimum absolute atomic E-state index is 0. The summed E-state index contributed by atoms with van der Waals surface area (Å²) in [4.78, 5) is 25.6. The Morgan fingerprint density at radius 3 is 2.48 bits per heavy atom. The van der Waals surface area contributed by atoms with Crippen molar-refractivity contribution in [1.29, 1.82) is 0 Å². The van der Waals surface area contributed by atoms with Crippen LogP contribution in [0, 0.1) is 0 Å². The average Bonchev–Trinajstić information content (AvgIpc) is 2.39. The number of carbonyl (C=O) groups is 2. The van der Waals surface area contributed by atoms with Crippen molar-refractivity contribution in [2.45, 2.75) is 57.0 Å². The molecule has 1 unspecified atom stereocenters. The smallest absolute Gasteiger partial charge is 0.321 e. The normalized spacial score (nSPS) is 24.0. The molecular formula is C14H27ClN4O2. The third-order valence-corrected chi connectivity index (χ3v) is 4.10. The Bertz CT molecular complexity index is 348. The molecule has 6 nitrogen and oxygen atoms in total. The number of halogens is 1. The van der Waals surface area contributed by atoms with Gasteiger partial charge in [0.2, 0.25) is 5.91 Å². The molecule has 0 aromatic heterocycles. The Morgan fingerprint density at radius 1 is 1.10 bits per heavy atom. The van der Waals surface area contributed by atoms with Gasteiger partial charge in [-0.15, -0.1) is 12.4 Å². The molecule has 1 heterocycles. The quantitative estimate of drug-likeness (QED) is 0.724. The van der Waals surface area contributed by atoms with Crippen molar-refractivity contribution < 1.29 is 9.59 Å².